The first-order chi connectivity index (χ1) is 19.5. The summed E-state index contributed by atoms with van der Waals surface area (Å²) in [6.45, 7) is 7.37. The second-order valence-corrected chi connectivity index (χ2v) is 11.6. The summed E-state index contributed by atoms with van der Waals surface area (Å²) in [7, 11) is 0. The molecule has 0 atom stereocenters. The molecule has 2 fully saturated rings. The van der Waals surface area contributed by atoms with Crippen molar-refractivity contribution in [3.05, 3.63) is 64.3 Å². The van der Waals surface area contributed by atoms with Crippen molar-refractivity contribution < 1.29 is 14.3 Å². The first kappa shape index (κ1) is 27.3. The highest BCUT2D eigenvalue weighted by Gasteiger charge is 2.24. The molecule has 0 saturated carbocycles. The molecule has 0 unspecified atom stereocenters. The Kier molecular flexibility index (Phi) is 8.38. The van der Waals surface area contributed by atoms with Crippen molar-refractivity contribution in [3.63, 3.8) is 0 Å². The van der Waals surface area contributed by atoms with E-state index in [1.165, 1.54) is 17.3 Å². The molecule has 12 heteroatoms. The van der Waals surface area contributed by atoms with Crippen LogP contribution in [-0.4, -0.2) is 90.6 Å². The Labute approximate surface area is 248 Å². The number of para-hydroxylation sites is 1. The number of halogens is 2. The van der Waals surface area contributed by atoms with Crippen LogP contribution in [0.1, 0.15) is 5.56 Å². The van der Waals surface area contributed by atoms with Gasteiger partial charge >= 0.3 is 0 Å². The lowest BCUT2D eigenvalue weighted by molar-refractivity contribution is -0.130. The first-order valence-electron chi connectivity index (χ1n) is 13.3. The number of hydrogen-bond acceptors (Lipinski definition) is 9. The number of rotatable bonds is 7. The fraction of sp³-hybridized carbons (Fsp3) is 0.393. The van der Waals surface area contributed by atoms with Gasteiger partial charge in [0.15, 0.2) is 16.7 Å². The van der Waals surface area contributed by atoms with Crippen LogP contribution in [0.25, 0.3) is 0 Å². The number of carbonyl (C=O) groups excluding carboxylic acids is 1. The second kappa shape index (κ2) is 12.3. The van der Waals surface area contributed by atoms with Gasteiger partial charge in [0, 0.05) is 65.0 Å². The first-order valence-corrected chi connectivity index (χ1v) is 15.1. The Bertz CT molecular complexity index is 1370. The van der Waals surface area contributed by atoms with E-state index in [-0.39, 0.29) is 18.5 Å². The zero-order valence-electron chi connectivity index (χ0n) is 22.0. The molecule has 6 rings (SSSR count). The number of piperazine rings is 2. The van der Waals surface area contributed by atoms with E-state index in [0.29, 0.717) is 23.4 Å². The van der Waals surface area contributed by atoms with Crippen molar-refractivity contribution in [1.29, 1.82) is 0 Å². The zero-order chi connectivity index (χ0) is 27.5. The van der Waals surface area contributed by atoms with Gasteiger partial charge in [-0.2, -0.15) is 0 Å². The van der Waals surface area contributed by atoms with E-state index in [1.807, 2.05) is 41.3 Å². The molecule has 0 radical (unpaired) electrons. The largest absolute Gasteiger partial charge is 0.454 e. The predicted molar refractivity (Wildman–Crippen MR) is 158 cm³/mol. The number of anilines is 2. The maximum Gasteiger partial charge on any atom is 0.233 e. The van der Waals surface area contributed by atoms with Gasteiger partial charge in [-0.25, -0.2) is 9.97 Å². The van der Waals surface area contributed by atoms with Crippen LogP contribution in [0.3, 0.4) is 0 Å². The van der Waals surface area contributed by atoms with E-state index in [1.54, 1.807) is 6.07 Å². The number of ether oxygens (including phenoxy) is 2. The molecule has 4 heterocycles. The number of hydrogen-bond donors (Lipinski definition) is 0. The Morgan fingerprint density at radius 3 is 2.40 bits per heavy atom. The highest BCUT2D eigenvalue weighted by Crippen LogP contribution is 2.33. The normalized spacial score (nSPS) is 17.4. The Morgan fingerprint density at radius 1 is 0.850 bits per heavy atom. The molecule has 3 aliphatic rings. The van der Waals surface area contributed by atoms with E-state index in [9.17, 15) is 4.79 Å². The lowest BCUT2D eigenvalue weighted by atomic mass is 10.1. The highest BCUT2D eigenvalue weighted by atomic mass is 35.5. The highest BCUT2D eigenvalue weighted by molar-refractivity contribution is 7.99. The number of benzene rings is 2. The summed E-state index contributed by atoms with van der Waals surface area (Å²) in [6.07, 6.45) is 0. The van der Waals surface area contributed by atoms with Crippen molar-refractivity contribution in [2.24, 2.45) is 0 Å². The predicted octanol–water partition coefficient (Wildman–Crippen LogP) is 4.28. The summed E-state index contributed by atoms with van der Waals surface area (Å²) in [5.74, 6) is 2.75. The van der Waals surface area contributed by atoms with Crippen LogP contribution in [0.2, 0.25) is 10.2 Å². The summed E-state index contributed by atoms with van der Waals surface area (Å²) < 4.78 is 10.9. The van der Waals surface area contributed by atoms with E-state index >= 15 is 0 Å². The molecule has 2 aromatic carbocycles. The van der Waals surface area contributed by atoms with Gasteiger partial charge in [-0.1, -0.05) is 53.2 Å². The van der Waals surface area contributed by atoms with Crippen molar-refractivity contribution in [2.75, 3.05) is 74.7 Å². The summed E-state index contributed by atoms with van der Waals surface area (Å²) >= 11 is 14.1. The number of carbonyl (C=O) groups is 1. The van der Waals surface area contributed by atoms with Crippen molar-refractivity contribution in [1.82, 2.24) is 19.8 Å². The van der Waals surface area contributed by atoms with Crippen molar-refractivity contribution >= 4 is 52.4 Å². The van der Waals surface area contributed by atoms with Gasteiger partial charge in [-0.3, -0.25) is 9.69 Å². The Hall–Kier alpha value is -2.92. The number of aromatic nitrogens is 2. The lowest BCUT2D eigenvalue weighted by Crippen LogP contribution is -2.48. The Morgan fingerprint density at radius 2 is 1.60 bits per heavy atom. The fourth-order valence-corrected chi connectivity index (χ4v) is 6.41. The smallest absolute Gasteiger partial charge is 0.233 e. The Balaban J connectivity index is 0.982. The molecule has 9 nitrogen and oxygen atoms in total. The molecule has 0 N–H and O–H groups in total. The quantitative estimate of drug-likeness (QED) is 0.224. The third kappa shape index (κ3) is 6.35. The van der Waals surface area contributed by atoms with Gasteiger partial charge in [0.25, 0.3) is 0 Å². The standard InChI is InChI=1S/C28H30Cl2N6O3S/c29-21-3-1-2-4-22(21)34-11-13-35(14-12-34)26-16-25(30)31-28(32-26)40-18-27(37)36-9-7-33(8-10-36)17-20-5-6-23-24(15-20)39-19-38-23/h1-6,15-16H,7-14,17-19H2. The second-order valence-electron chi connectivity index (χ2n) is 9.89. The van der Waals surface area contributed by atoms with Gasteiger partial charge in [0.2, 0.25) is 12.7 Å². The van der Waals surface area contributed by atoms with Crippen LogP contribution >= 0.6 is 35.0 Å². The van der Waals surface area contributed by atoms with Crippen LogP contribution in [0, 0.1) is 0 Å². The monoisotopic (exact) mass is 600 g/mol. The summed E-state index contributed by atoms with van der Waals surface area (Å²) in [6, 6.07) is 15.8. The van der Waals surface area contributed by atoms with Gasteiger partial charge in [0.05, 0.1) is 16.5 Å². The molecule has 1 amide bonds. The van der Waals surface area contributed by atoms with Crippen LogP contribution in [0.15, 0.2) is 53.7 Å². The third-order valence-corrected chi connectivity index (χ3v) is 8.70. The SMILES string of the molecule is O=C(CSc1nc(Cl)cc(N2CCN(c3ccccc3Cl)CC2)n1)N1CCN(Cc2ccc3c(c2)OCO3)CC1. The fourth-order valence-electron chi connectivity index (χ4n) is 5.17. The molecule has 40 heavy (non-hydrogen) atoms. The van der Waals surface area contributed by atoms with E-state index in [4.69, 9.17) is 37.7 Å². The molecule has 0 aliphatic carbocycles. The average molecular weight is 602 g/mol. The molecule has 2 saturated heterocycles. The molecular weight excluding hydrogens is 571 g/mol. The zero-order valence-corrected chi connectivity index (χ0v) is 24.3. The molecule has 3 aromatic rings. The van der Waals surface area contributed by atoms with E-state index in [2.05, 4.69) is 25.8 Å². The van der Waals surface area contributed by atoms with Gasteiger partial charge in [0.1, 0.15) is 11.0 Å². The van der Waals surface area contributed by atoms with Gasteiger partial charge in [-0.05, 0) is 29.8 Å². The van der Waals surface area contributed by atoms with Gasteiger partial charge in [-0.15, -0.1) is 0 Å². The number of fused-ring (bicyclic) bond motifs is 1. The number of amides is 1. The molecular formula is C28H30Cl2N6O3S. The molecule has 210 valence electrons. The molecule has 0 bridgehead atoms. The number of thioether (sulfide) groups is 1. The minimum absolute atomic E-state index is 0.0891. The van der Waals surface area contributed by atoms with Gasteiger partial charge < -0.3 is 24.2 Å². The summed E-state index contributed by atoms with van der Waals surface area (Å²) in [5, 5.41) is 1.66. The molecule has 3 aliphatic heterocycles. The third-order valence-electron chi connectivity index (χ3n) is 7.35. The van der Waals surface area contributed by atoms with Crippen molar-refractivity contribution in [3.8, 4) is 11.5 Å². The summed E-state index contributed by atoms with van der Waals surface area (Å²) in [5.41, 5.74) is 2.23. The maximum atomic E-state index is 13.0. The maximum absolute atomic E-state index is 13.0. The topological polar surface area (TPSA) is 74.3 Å². The van der Waals surface area contributed by atoms with Crippen molar-refractivity contribution in [2.45, 2.75) is 11.7 Å². The van der Waals surface area contributed by atoms with E-state index in [0.717, 1.165) is 73.8 Å². The molecule has 0 spiro atoms. The van der Waals surface area contributed by atoms with Crippen LogP contribution < -0.4 is 19.3 Å². The minimum atomic E-state index is 0.0891. The average Bonchev–Trinajstić information content (AvgIpc) is 3.44. The minimum Gasteiger partial charge on any atom is -0.454 e. The van der Waals surface area contributed by atoms with E-state index < -0.39 is 0 Å². The summed E-state index contributed by atoms with van der Waals surface area (Å²) in [4.78, 5) is 30.8. The number of nitrogens with zero attached hydrogens (tertiary/aromatic N) is 6. The van der Waals surface area contributed by atoms with Crippen LogP contribution in [0.5, 0.6) is 11.5 Å². The van der Waals surface area contributed by atoms with Crippen LogP contribution in [-0.2, 0) is 11.3 Å². The van der Waals surface area contributed by atoms with Crippen LogP contribution in [0.4, 0.5) is 11.5 Å². The lowest BCUT2D eigenvalue weighted by Gasteiger charge is -2.37. The molecule has 1 aromatic heterocycles.